The maximum atomic E-state index is 11.5. The van der Waals surface area contributed by atoms with Gasteiger partial charge in [-0.3, -0.25) is 19.7 Å². The lowest BCUT2D eigenvalue weighted by atomic mass is 9.98. The molecule has 2 saturated heterocycles. The molecule has 0 bridgehead atoms. The number of likely N-dealkylation sites (tertiary alicyclic amines) is 1. The van der Waals surface area contributed by atoms with Crippen LogP contribution in [0.4, 0.5) is 0 Å². The zero-order chi connectivity index (χ0) is 33.8. The zero-order valence-electron chi connectivity index (χ0n) is 27.5. The van der Waals surface area contributed by atoms with E-state index in [1.165, 1.54) is 0 Å². The fourth-order valence-electron chi connectivity index (χ4n) is 6.22. The average Bonchev–Trinajstić information content (AvgIpc) is 3.70. The number of halogens is 2. The fourth-order valence-corrected chi connectivity index (χ4v) is 6.87. The number of carbonyl (C=O) groups excluding carboxylic acids is 1. The molecule has 1 amide bonds. The molecule has 6 rings (SSSR count). The molecule has 0 spiro atoms. The number of amides is 1. The summed E-state index contributed by atoms with van der Waals surface area (Å²) in [6.07, 6.45) is 5.74. The summed E-state index contributed by atoms with van der Waals surface area (Å²) in [6.45, 7) is 5.54. The first-order valence-corrected chi connectivity index (χ1v) is 16.6. The maximum absolute atomic E-state index is 11.5. The van der Waals surface area contributed by atoms with Gasteiger partial charge in [0.2, 0.25) is 17.7 Å². The van der Waals surface area contributed by atoms with Crippen LogP contribution in [0.5, 0.6) is 11.8 Å². The first-order valence-electron chi connectivity index (χ1n) is 15.9. The zero-order valence-corrected chi connectivity index (χ0v) is 29.0. The van der Waals surface area contributed by atoms with Crippen LogP contribution in [0.2, 0.25) is 10.0 Å². The normalized spacial score (nSPS) is 19.5. The van der Waals surface area contributed by atoms with E-state index in [-0.39, 0.29) is 17.6 Å². The van der Waals surface area contributed by atoms with E-state index < -0.39 is 0 Å². The van der Waals surface area contributed by atoms with Gasteiger partial charge in [-0.2, -0.15) is 0 Å². The van der Waals surface area contributed by atoms with Crippen molar-refractivity contribution in [2.75, 3.05) is 41.0 Å². The largest absolute Gasteiger partial charge is 0.480 e. The van der Waals surface area contributed by atoms with E-state index in [1.807, 2.05) is 36.4 Å². The average molecular weight is 693 g/mol. The number of benzene rings is 2. The molecule has 2 N–H and O–H groups in total. The molecule has 0 radical (unpaired) electrons. The van der Waals surface area contributed by atoms with E-state index in [4.69, 9.17) is 52.4 Å². The SMILES string of the molecule is COc1nc(-c2cccc(-c3cccc(-c4cnc(CN5CCC(C)(OC)C5)c(OC)n4)c3Cl)c2Cl)cnc1CNCC1CCC(=O)N1. The number of ether oxygens (including phenoxy) is 3. The number of hydrogen-bond acceptors (Lipinski definition) is 10. The Morgan fingerprint density at radius 3 is 2.04 bits per heavy atom. The van der Waals surface area contributed by atoms with Crippen molar-refractivity contribution in [2.24, 2.45) is 0 Å². The minimum Gasteiger partial charge on any atom is -0.480 e. The Bertz CT molecular complexity index is 1810. The predicted molar refractivity (Wildman–Crippen MR) is 185 cm³/mol. The minimum atomic E-state index is -0.163. The van der Waals surface area contributed by atoms with Gasteiger partial charge in [-0.15, -0.1) is 0 Å². The summed E-state index contributed by atoms with van der Waals surface area (Å²) in [4.78, 5) is 32.7. The van der Waals surface area contributed by atoms with Gasteiger partial charge in [0.25, 0.3) is 0 Å². The Kier molecular flexibility index (Phi) is 10.4. The summed E-state index contributed by atoms with van der Waals surface area (Å²) < 4.78 is 16.9. The van der Waals surface area contributed by atoms with Gasteiger partial charge in [-0.1, -0.05) is 59.6 Å². The van der Waals surface area contributed by atoms with Crippen LogP contribution in [0.1, 0.15) is 37.6 Å². The van der Waals surface area contributed by atoms with Crippen LogP contribution in [-0.4, -0.2) is 83.3 Å². The highest BCUT2D eigenvalue weighted by molar-refractivity contribution is 6.39. The maximum Gasteiger partial charge on any atom is 0.237 e. The smallest absolute Gasteiger partial charge is 0.237 e. The number of aromatic nitrogens is 4. The Morgan fingerprint density at radius 2 is 1.50 bits per heavy atom. The predicted octanol–water partition coefficient (Wildman–Crippen LogP) is 5.57. The lowest BCUT2D eigenvalue weighted by Crippen LogP contribution is -2.35. The van der Waals surface area contributed by atoms with Gasteiger partial charge < -0.3 is 24.8 Å². The first-order chi connectivity index (χ1) is 23.2. The summed E-state index contributed by atoms with van der Waals surface area (Å²) in [5.74, 6) is 0.935. The van der Waals surface area contributed by atoms with Crippen molar-refractivity contribution in [3.63, 3.8) is 0 Å². The van der Waals surface area contributed by atoms with Gasteiger partial charge in [0.15, 0.2) is 0 Å². The third kappa shape index (κ3) is 7.25. The summed E-state index contributed by atoms with van der Waals surface area (Å²) in [7, 11) is 4.91. The molecule has 4 heterocycles. The van der Waals surface area contributed by atoms with Crippen LogP contribution in [0, 0.1) is 0 Å². The van der Waals surface area contributed by atoms with Crippen LogP contribution in [0.15, 0.2) is 48.8 Å². The van der Waals surface area contributed by atoms with E-state index in [2.05, 4.69) is 27.4 Å². The third-order valence-electron chi connectivity index (χ3n) is 9.00. The van der Waals surface area contributed by atoms with Crippen molar-refractivity contribution in [3.8, 4) is 45.4 Å². The van der Waals surface area contributed by atoms with Crippen LogP contribution < -0.4 is 20.1 Å². The molecular formula is C35H39Cl2N7O4. The minimum absolute atomic E-state index is 0.0858. The van der Waals surface area contributed by atoms with Crippen LogP contribution in [-0.2, 0) is 22.6 Å². The summed E-state index contributed by atoms with van der Waals surface area (Å²) >= 11 is 14.1. The van der Waals surface area contributed by atoms with E-state index >= 15 is 0 Å². The quantitative estimate of drug-likeness (QED) is 0.195. The van der Waals surface area contributed by atoms with E-state index in [0.717, 1.165) is 42.8 Å². The third-order valence-corrected chi connectivity index (χ3v) is 9.81. The Balaban J connectivity index is 1.23. The molecule has 48 heavy (non-hydrogen) atoms. The number of methoxy groups -OCH3 is 3. The Labute approximate surface area is 290 Å². The molecule has 2 aromatic heterocycles. The molecule has 0 saturated carbocycles. The Morgan fingerprint density at radius 1 is 0.917 bits per heavy atom. The second kappa shape index (κ2) is 14.7. The highest BCUT2D eigenvalue weighted by atomic mass is 35.5. The fraction of sp³-hybridized carbons (Fsp3) is 0.400. The van der Waals surface area contributed by atoms with Crippen molar-refractivity contribution in [1.82, 2.24) is 35.5 Å². The molecule has 0 aliphatic carbocycles. The highest BCUT2D eigenvalue weighted by Gasteiger charge is 2.34. The molecule has 2 aromatic carbocycles. The van der Waals surface area contributed by atoms with Crippen LogP contribution in [0.25, 0.3) is 33.6 Å². The topological polar surface area (TPSA) is 124 Å². The van der Waals surface area contributed by atoms with Crippen LogP contribution >= 0.6 is 23.2 Å². The number of nitrogens with zero attached hydrogens (tertiary/aromatic N) is 5. The molecule has 2 fully saturated rings. The van der Waals surface area contributed by atoms with Crippen molar-refractivity contribution >= 4 is 29.1 Å². The standard InChI is InChI=1S/C35H39Cl2N7O4/c1-35(48-4)13-14-44(20-35)19-29-34(47-3)43-27(18-40-29)25-10-6-8-23(32(25)37)22-7-5-9-24(31(22)36)26-17-39-28(33(42-26)46-2)16-38-15-21-11-12-30(45)41-21/h5-10,17-18,21,38H,11-16,19-20H2,1-4H3,(H,41,45). The van der Waals surface area contributed by atoms with Crippen molar-refractivity contribution in [2.45, 2.75) is 50.9 Å². The molecule has 2 aliphatic heterocycles. The molecule has 4 aromatic rings. The van der Waals surface area contributed by atoms with Crippen molar-refractivity contribution in [1.29, 1.82) is 0 Å². The number of hydrogen-bond donors (Lipinski definition) is 2. The van der Waals surface area contributed by atoms with Crippen molar-refractivity contribution in [3.05, 3.63) is 70.2 Å². The summed E-state index contributed by atoms with van der Waals surface area (Å²) in [5, 5.41) is 7.25. The number of rotatable bonds is 12. The number of carbonyl (C=O) groups is 1. The second-order valence-corrected chi connectivity index (χ2v) is 13.1. The van der Waals surface area contributed by atoms with Gasteiger partial charge >= 0.3 is 0 Å². The summed E-state index contributed by atoms with van der Waals surface area (Å²) in [5.41, 5.74) is 5.27. The van der Waals surface area contributed by atoms with E-state index in [0.29, 0.717) is 76.1 Å². The van der Waals surface area contributed by atoms with E-state index in [9.17, 15) is 4.79 Å². The number of nitrogens with one attached hydrogen (secondary N) is 2. The Hall–Kier alpha value is -3.87. The molecule has 252 valence electrons. The lowest BCUT2D eigenvalue weighted by Gasteiger charge is -2.23. The molecule has 11 nitrogen and oxygen atoms in total. The van der Waals surface area contributed by atoms with Crippen molar-refractivity contribution < 1.29 is 19.0 Å². The van der Waals surface area contributed by atoms with Gasteiger partial charge in [-0.05, 0) is 19.8 Å². The monoisotopic (exact) mass is 691 g/mol. The summed E-state index contributed by atoms with van der Waals surface area (Å²) in [6, 6.07) is 11.6. The van der Waals surface area contributed by atoms with Gasteiger partial charge in [0.1, 0.15) is 11.4 Å². The second-order valence-electron chi connectivity index (χ2n) is 12.3. The highest BCUT2D eigenvalue weighted by Crippen LogP contribution is 2.42. The molecule has 2 aliphatic rings. The molecule has 2 unspecified atom stereocenters. The first kappa shape index (κ1) is 34.0. The van der Waals surface area contributed by atoms with Gasteiger partial charge in [0.05, 0.1) is 53.6 Å². The van der Waals surface area contributed by atoms with Crippen LogP contribution in [0.3, 0.4) is 0 Å². The van der Waals surface area contributed by atoms with E-state index in [1.54, 1.807) is 33.7 Å². The molecule has 13 heteroatoms. The molecular weight excluding hydrogens is 653 g/mol. The lowest BCUT2D eigenvalue weighted by molar-refractivity contribution is -0.119. The van der Waals surface area contributed by atoms with Gasteiger partial charge in [0, 0.05) is 74.6 Å². The van der Waals surface area contributed by atoms with Gasteiger partial charge in [-0.25, -0.2) is 9.97 Å². The molecule has 2 atom stereocenters.